The van der Waals surface area contributed by atoms with E-state index in [4.69, 9.17) is 17.3 Å². The van der Waals surface area contributed by atoms with Crippen molar-refractivity contribution in [3.05, 3.63) is 52.8 Å². The van der Waals surface area contributed by atoms with E-state index in [-0.39, 0.29) is 22.1 Å². The molecule has 8 heteroatoms. The third kappa shape index (κ3) is 3.63. The highest BCUT2D eigenvalue weighted by molar-refractivity contribution is 6.33. The van der Waals surface area contributed by atoms with Crippen LogP contribution in [0.25, 0.3) is 0 Å². The minimum absolute atomic E-state index is 0.0385. The molecule has 110 valence electrons. The number of rotatable bonds is 2. The van der Waals surface area contributed by atoms with Crippen molar-refractivity contribution >= 4 is 28.9 Å². The first kappa shape index (κ1) is 15.1. The van der Waals surface area contributed by atoms with Gasteiger partial charge in [-0.15, -0.1) is 0 Å². The molecule has 3 N–H and O–H groups in total. The van der Waals surface area contributed by atoms with Crippen molar-refractivity contribution in [1.29, 1.82) is 0 Å². The van der Waals surface area contributed by atoms with Gasteiger partial charge in [-0.25, -0.2) is 4.98 Å². The van der Waals surface area contributed by atoms with Gasteiger partial charge >= 0.3 is 6.18 Å². The number of aromatic nitrogens is 1. The minimum Gasteiger partial charge on any atom is -0.397 e. The maximum atomic E-state index is 12.4. The zero-order valence-corrected chi connectivity index (χ0v) is 11.2. The third-order valence-electron chi connectivity index (χ3n) is 2.57. The van der Waals surface area contributed by atoms with Crippen LogP contribution in [0.2, 0.25) is 5.15 Å². The van der Waals surface area contributed by atoms with Crippen LogP contribution in [0.4, 0.5) is 24.5 Å². The molecule has 0 saturated carbocycles. The molecule has 0 aliphatic rings. The normalized spacial score (nSPS) is 11.2. The van der Waals surface area contributed by atoms with Crippen molar-refractivity contribution < 1.29 is 18.0 Å². The molecule has 2 rings (SSSR count). The second-order valence-corrected chi connectivity index (χ2v) is 4.49. The Labute approximate surface area is 122 Å². The molecule has 0 aliphatic heterocycles. The smallest absolute Gasteiger partial charge is 0.397 e. The number of amides is 1. The summed E-state index contributed by atoms with van der Waals surface area (Å²) in [5.74, 6) is -0.612. The number of benzene rings is 1. The Hall–Kier alpha value is -2.28. The van der Waals surface area contributed by atoms with E-state index >= 15 is 0 Å². The van der Waals surface area contributed by atoms with Crippen molar-refractivity contribution in [3.63, 3.8) is 0 Å². The molecular weight excluding hydrogens is 307 g/mol. The highest BCUT2D eigenvalue weighted by atomic mass is 35.5. The Balaban J connectivity index is 2.18. The second kappa shape index (κ2) is 5.61. The number of carbonyl (C=O) groups is 1. The SMILES string of the molecule is Nc1cnc(Cl)c(C(=O)Nc2ccc(C(F)(F)F)cc2)c1. The van der Waals surface area contributed by atoms with Crippen LogP contribution < -0.4 is 11.1 Å². The van der Waals surface area contributed by atoms with Crippen molar-refractivity contribution in [2.24, 2.45) is 0 Å². The van der Waals surface area contributed by atoms with E-state index in [0.29, 0.717) is 0 Å². The van der Waals surface area contributed by atoms with E-state index in [1.807, 2.05) is 0 Å². The van der Waals surface area contributed by atoms with Crippen LogP contribution in [0.3, 0.4) is 0 Å². The largest absolute Gasteiger partial charge is 0.416 e. The van der Waals surface area contributed by atoms with Gasteiger partial charge in [0.25, 0.3) is 5.91 Å². The lowest BCUT2D eigenvalue weighted by atomic mass is 10.2. The number of carbonyl (C=O) groups excluding carboxylic acids is 1. The fourth-order valence-corrected chi connectivity index (χ4v) is 1.75. The summed E-state index contributed by atoms with van der Waals surface area (Å²) in [4.78, 5) is 15.7. The van der Waals surface area contributed by atoms with Crippen LogP contribution >= 0.6 is 11.6 Å². The van der Waals surface area contributed by atoms with E-state index in [9.17, 15) is 18.0 Å². The molecule has 1 aromatic heterocycles. The summed E-state index contributed by atoms with van der Waals surface area (Å²) in [6.45, 7) is 0. The average molecular weight is 316 g/mol. The van der Waals surface area contributed by atoms with Gasteiger partial charge < -0.3 is 11.1 Å². The van der Waals surface area contributed by atoms with Crippen LogP contribution in [-0.4, -0.2) is 10.9 Å². The molecule has 0 radical (unpaired) electrons. The number of nitrogens with one attached hydrogen (secondary N) is 1. The quantitative estimate of drug-likeness (QED) is 0.832. The predicted molar refractivity (Wildman–Crippen MR) is 73.1 cm³/mol. The monoisotopic (exact) mass is 315 g/mol. The molecule has 1 amide bonds. The fraction of sp³-hybridized carbons (Fsp3) is 0.0769. The molecule has 2 aromatic rings. The molecule has 0 aliphatic carbocycles. The average Bonchev–Trinajstić information content (AvgIpc) is 2.41. The van der Waals surface area contributed by atoms with Crippen LogP contribution in [0.5, 0.6) is 0 Å². The lowest BCUT2D eigenvalue weighted by Gasteiger charge is -2.09. The third-order valence-corrected chi connectivity index (χ3v) is 2.88. The maximum absolute atomic E-state index is 12.4. The first-order valence-electron chi connectivity index (χ1n) is 5.67. The Morgan fingerprint density at radius 1 is 1.24 bits per heavy atom. The molecule has 1 heterocycles. The van der Waals surface area contributed by atoms with Crippen molar-refractivity contribution in [2.45, 2.75) is 6.18 Å². The summed E-state index contributed by atoms with van der Waals surface area (Å²) in [6, 6.07) is 5.36. The zero-order chi connectivity index (χ0) is 15.6. The topological polar surface area (TPSA) is 68.0 Å². The maximum Gasteiger partial charge on any atom is 0.416 e. The minimum atomic E-state index is -4.43. The van der Waals surface area contributed by atoms with Gasteiger partial charge in [0.1, 0.15) is 5.15 Å². The van der Waals surface area contributed by atoms with Gasteiger partial charge in [0, 0.05) is 5.69 Å². The molecular formula is C13H9ClF3N3O. The van der Waals surface area contributed by atoms with E-state index in [2.05, 4.69) is 10.3 Å². The standard InChI is InChI=1S/C13H9ClF3N3O/c14-11-10(5-8(18)6-19-11)12(21)20-9-3-1-7(2-4-9)13(15,16)17/h1-6H,18H2,(H,20,21). The summed E-state index contributed by atoms with van der Waals surface area (Å²) in [5, 5.41) is 2.37. The van der Waals surface area contributed by atoms with Crippen LogP contribution in [-0.2, 0) is 6.18 Å². The first-order valence-corrected chi connectivity index (χ1v) is 6.05. The number of pyridine rings is 1. The highest BCUT2D eigenvalue weighted by Gasteiger charge is 2.30. The number of hydrogen-bond acceptors (Lipinski definition) is 3. The number of nitrogens with two attached hydrogens (primary N) is 1. The Morgan fingerprint density at radius 2 is 1.86 bits per heavy atom. The molecule has 1 aromatic carbocycles. The van der Waals surface area contributed by atoms with E-state index < -0.39 is 17.6 Å². The number of nitrogen functional groups attached to an aromatic ring is 1. The van der Waals surface area contributed by atoms with Gasteiger partial charge in [-0.3, -0.25) is 4.79 Å². The van der Waals surface area contributed by atoms with Gasteiger partial charge in [-0.1, -0.05) is 11.6 Å². The molecule has 0 atom stereocenters. The molecule has 0 fully saturated rings. The van der Waals surface area contributed by atoms with Gasteiger partial charge in [0.2, 0.25) is 0 Å². The number of alkyl halides is 3. The zero-order valence-electron chi connectivity index (χ0n) is 10.4. The lowest BCUT2D eigenvalue weighted by Crippen LogP contribution is -2.14. The number of hydrogen-bond donors (Lipinski definition) is 2. The Bertz CT molecular complexity index is 671. The predicted octanol–water partition coefficient (Wildman–Crippen LogP) is 3.59. The second-order valence-electron chi connectivity index (χ2n) is 4.14. The Morgan fingerprint density at radius 3 is 2.43 bits per heavy atom. The number of halogens is 4. The van der Waals surface area contributed by atoms with Crippen LogP contribution in [0, 0.1) is 0 Å². The summed E-state index contributed by atoms with van der Waals surface area (Å²) >= 11 is 5.77. The summed E-state index contributed by atoms with van der Waals surface area (Å²) in [7, 11) is 0. The van der Waals surface area contributed by atoms with Crippen LogP contribution in [0.1, 0.15) is 15.9 Å². The molecule has 0 spiro atoms. The van der Waals surface area contributed by atoms with Crippen LogP contribution in [0.15, 0.2) is 36.5 Å². The Kier molecular flexibility index (Phi) is 4.04. The summed E-state index contributed by atoms with van der Waals surface area (Å²) in [5.41, 5.74) is 5.18. The molecule has 0 bridgehead atoms. The summed E-state index contributed by atoms with van der Waals surface area (Å²) < 4.78 is 37.3. The van der Waals surface area contributed by atoms with E-state index in [1.165, 1.54) is 12.3 Å². The number of anilines is 2. The first-order chi connectivity index (χ1) is 9.77. The summed E-state index contributed by atoms with van der Waals surface area (Å²) in [6.07, 6.45) is -3.14. The van der Waals surface area contributed by atoms with Gasteiger partial charge in [-0.2, -0.15) is 13.2 Å². The molecule has 21 heavy (non-hydrogen) atoms. The molecule has 4 nitrogen and oxygen atoms in total. The molecule has 0 unspecified atom stereocenters. The lowest BCUT2D eigenvalue weighted by molar-refractivity contribution is -0.137. The molecule has 0 saturated heterocycles. The highest BCUT2D eigenvalue weighted by Crippen LogP contribution is 2.30. The number of nitrogens with zero attached hydrogens (tertiary/aromatic N) is 1. The van der Waals surface area contributed by atoms with Crippen molar-refractivity contribution in [2.75, 3.05) is 11.1 Å². The van der Waals surface area contributed by atoms with Crippen molar-refractivity contribution in [3.8, 4) is 0 Å². The van der Waals surface area contributed by atoms with Gasteiger partial charge in [-0.05, 0) is 30.3 Å². The van der Waals surface area contributed by atoms with E-state index in [0.717, 1.165) is 24.3 Å². The van der Waals surface area contributed by atoms with Gasteiger partial charge in [0.15, 0.2) is 0 Å². The fourth-order valence-electron chi connectivity index (χ4n) is 1.56. The van der Waals surface area contributed by atoms with Crippen molar-refractivity contribution in [1.82, 2.24) is 4.98 Å². The van der Waals surface area contributed by atoms with Gasteiger partial charge in [0.05, 0.1) is 23.0 Å². The van der Waals surface area contributed by atoms with E-state index in [1.54, 1.807) is 0 Å².